The lowest BCUT2D eigenvalue weighted by Crippen LogP contribution is -2.15. The van der Waals surface area contributed by atoms with Crippen molar-refractivity contribution in [2.24, 2.45) is 0 Å². The van der Waals surface area contributed by atoms with Crippen LogP contribution in [0.3, 0.4) is 0 Å². The highest BCUT2D eigenvalue weighted by Gasteiger charge is 2.21. The Morgan fingerprint density at radius 2 is 2.07 bits per heavy atom. The van der Waals surface area contributed by atoms with Gasteiger partial charge in [-0.25, -0.2) is 4.98 Å². The van der Waals surface area contributed by atoms with Crippen LogP contribution >= 0.6 is 0 Å². The van der Waals surface area contributed by atoms with Crippen LogP contribution in [0.1, 0.15) is 30.0 Å². The minimum absolute atomic E-state index is 0.544. The van der Waals surface area contributed by atoms with Gasteiger partial charge in [0.1, 0.15) is 0 Å². The van der Waals surface area contributed by atoms with Crippen molar-refractivity contribution >= 4 is 0 Å². The van der Waals surface area contributed by atoms with Gasteiger partial charge in [0.2, 0.25) is 0 Å². The third-order valence-corrected chi connectivity index (χ3v) is 3.20. The van der Waals surface area contributed by atoms with Crippen molar-refractivity contribution in [3.05, 3.63) is 54.1 Å². The van der Waals surface area contributed by atoms with Crippen LogP contribution in [0.15, 0.2) is 42.9 Å². The number of aryl methyl sites for hydroxylation is 1. The van der Waals surface area contributed by atoms with Crippen LogP contribution in [0.2, 0.25) is 0 Å². The van der Waals surface area contributed by atoms with E-state index in [4.69, 9.17) is 0 Å². The van der Waals surface area contributed by atoms with E-state index in [0.29, 0.717) is 5.92 Å². The molecule has 3 rings (SSSR count). The maximum atomic E-state index is 4.24. The van der Waals surface area contributed by atoms with Crippen molar-refractivity contribution in [3.8, 4) is 0 Å². The first-order chi connectivity index (χ1) is 7.45. The van der Waals surface area contributed by atoms with Gasteiger partial charge in [-0.2, -0.15) is 0 Å². The van der Waals surface area contributed by atoms with E-state index in [1.807, 2.05) is 12.5 Å². The molecule has 1 aromatic carbocycles. The third-order valence-electron chi connectivity index (χ3n) is 3.20. The van der Waals surface area contributed by atoms with Crippen LogP contribution in [-0.4, -0.2) is 9.55 Å². The number of benzene rings is 1. The molecule has 0 amide bonds. The molecule has 0 spiro atoms. The number of hydrogen-bond acceptors (Lipinski definition) is 1. The molecule has 2 heterocycles. The van der Waals surface area contributed by atoms with Gasteiger partial charge in [0.25, 0.3) is 0 Å². The molecular formula is C13H14N2. The lowest BCUT2D eigenvalue weighted by atomic mass is 9.89. The second-order valence-electron chi connectivity index (χ2n) is 4.12. The molecule has 76 valence electrons. The molecule has 0 saturated carbocycles. The summed E-state index contributed by atoms with van der Waals surface area (Å²) >= 11 is 0. The van der Waals surface area contributed by atoms with Crippen LogP contribution in [0.5, 0.6) is 0 Å². The van der Waals surface area contributed by atoms with Gasteiger partial charge in [0.15, 0.2) is 0 Å². The summed E-state index contributed by atoms with van der Waals surface area (Å²) < 4.78 is 2.28. The molecule has 0 fully saturated rings. The van der Waals surface area contributed by atoms with Gasteiger partial charge in [-0.15, -0.1) is 0 Å². The minimum atomic E-state index is 0.544. The van der Waals surface area contributed by atoms with Crippen molar-refractivity contribution < 1.29 is 0 Å². The lowest BCUT2D eigenvalue weighted by molar-refractivity contribution is 0.491. The van der Waals surface area contributed by atoms with Crippen LogP contribution in [0.25, 0.3) is 0 Å². The van der Waals surface area contributed by atoms with Crippen molar-refractivity contribution in [2.75, 3.05) is 0 Å². The summed E-state index contributed by atoms with van der Waals surface area (Å²) in [5, 5.41) is 0. The van der Waals surface area contributed by atoms with Gasteiger partial charge < -0.3 is 4.57 Å². The van der Waals surface area contributed by atoms with Crippen LogP contribution in [0.4, 0.5) is 0 Å². The van der Waals surface area contributed by atoms with E-state index in [2.05, 4.69) is 39.9 Å². The quantitative estimate of drug-likeness (QED) is 0.689. The monoisotopic (exact) mass is 198 g/mol. The summed E-state index contributed by atoms with van der Waals surface area (Å²) in [5.41, 5.74) is 2.78. The number of rotatable bonds is 1. The maximum absolute atomic E-state index is 4.24. The molecule has 1 aliphatic rings. The highest BCUT2D eigenvalue weighted by Crippen LogP contribution is 2.32. The van der Waals surface area contributed by atoms with Gasteiger partial charge in [-0.1, -0.05) is 30.3 Å². The number of nitrogens with zero attached hydrogens (tertiary/aromatic N) is 2. The highest BCUT2D eigenvalue weighted by atomic mass is 15.1. The minimum Gasteiger partial charge on any atom is -0.334 e. The Labute approximate surface area is 89.6 Å². The first-order valence-electron chi connectivity index (χ1n) is 5.50. The fourth-order valence-electron chi connectivity index (χ4n) is 2.44. The Balaban J connectivity index is 2.03. The Bertz CT molecular complexity index is 445. The first-order valence-corrected chi connectivity index (χ1v) is 5.50. The van der Waals surface area contributed by atoms with Crippen molar-refractivity contribution in [2.45, 2.75) is 25.3 Å². The predicted molar refractivity (Wildman–Crippen MR) is 59.7 cm³/mol. The number of fused-ring (bicyclic) bond motifs is 1. The third kappa shape index (κ3) is 1.46. The van der Waals surface area contributed by atoms with E-state index in [9.17, 15) is 0 Å². The van der Waals surface area contributed by atoms with Gasteiger partial charge in [-0.3, -0.25) is 0 Å². The van der Waals surface area contributed by atoms with Gasteiger partial charge in [0.05, 0.1) is 6.33 Å². The average molecular weight is 198 g/mol. The molecule has 1 aliphatic heterocycles. The van der Waals surface area contributed by atoms with Gasteiger partial charge in [0, 0.05) is 24.4 Å². The molecule has 0 radical (unpaired) electrons. The number of aromatic nitrogens is 2. The zero-order chi connectivity index (χ0) is 10.1. The van der Waals surface area contributed by atoms with E-state index < -0.39 is 0 Å². The van der Waals surface area contributed by atoms with E-state index in [1.54, 1.807) is 0 Å². The molecule has 1 unspecified atom stereocenters. The molecule has 15 heavy (non-hydrogen) atoms. The smallest absolute Gasteiger partial charge is 0.0948 e. The molecule has 0 aliphatic carbocycles. The SMILES string of the molecule is c1ccc(C2CCCn3cncc32)cc1. The Hall–Kier alpha value is -1.57. The molecule has 0 saturated heterocycles. The van der Waals surface area contributed by atoms with Gasteiger partial charge in [-0.05, 0) is 18.4 Å². The largest absolute Gasteiger partial charge is 0.334 e. The first kappa shape index (κ1) is 8.72. The molecule has 2 heteroatoms. The zero-order valence-corrected chi connectivity index (χ0v) is 8.63. The Morgan fingerprint density at radius 3 is 2.93 bits per heavy atom. The van der Waals surface area contributed by atoms with Crippen molar-refractivity contribution in [3.63, 3.8) is 0 Å². The summed E-state index contributed by atoms with van der Waals surface area (Å²) in [6.07, 6.45) is 6.46. The second kappa shape index (κ2) is 3.54. The summed E-state index contributed by atoms with van der Waals surface area (Å²) in [5.74, 6) is 0.544. The van der Waals surface area contributed by atoms with E-state index in [1.165, 1.54) is 24.1 Å². The van der Waals surface area contributed by atoms with E-state index in [-0.39, 0.29) is 0 Å². The number of imidazole rings is 1. The van der Waals surface area contributed by atoms with E-state index in [0.717, 1.165) is 6.54 Å². The average Bonchev–Trinajstić information content (AvgIpc) is 2.78. The van der Waals surface area contributed by atoms with E-state index >= 15 is 0 Å². The number of hydrogen-bond donors (Lipinski definition) is 0. The molecule has 1 atom stereocenters. The Morgan fingerprint density at radius 1 is 1.20 bits per heavy atom. The fourth-order valence-corrected chi connectivity index (χ4v) is 2.44. The van der Waals surface area contributed by atoms with Crippen LogP contribution < -0.4 is 0 Å². The summed E-state index contributed by atoms with van der Waals surface area (Å²) in [7, 11) is 0. The highest BCUT2D eigenvalue weighted by molar-refractivity contribution is 5.28. The predicted octanol–water partition coefficient (Wildman–Crippen LogP) is 2.81. The molecule has 1 aromatic heterocycles. The molecular weight excluding hydrogens is 184 g/mol. The van der Waals surface area contributed by atoms with Crippen LogP contribution in [-0.2, 0) is 6.54 Å². The van der Waals surface area contributed by atoms with Crippen molar-refractivity contribution in [1.29, 1.82) is 0 Å². The maximum Gasteiger partial charge on any atom is 0.0948 e. The summed E-state index contributed by atoms with van der Waals surface area (Å²) in [4.78, 5) is 4.24. The van der Waals surface area contributed by atoms with Crippen LogP contribution in [0, 0.1) is 0 Å². The summed E-state index contributed by atoms with van der Waals surface area (Å²) in [6.45, 7) is 1.12. The fraction of sp³-hybridized carbons (Fsp3) is 0.308. The topological polar surface area (TPSA) is 17.8 Å². The van der Waals surface area contributed by atoms with Gasteiger partial charge >= 0.3 is 0 Å². The molecule has 0 N–H and O–H groups in total. The molecule has 2 aromatic rings. The van der Waals surface area contributed by atoms with Crippen molar-refractivity contribution in [1.82, 2.24) is 9.55 Å². The summed E-state index contributed by atoms with van der Waals surface area (Å²) in [6, 6.07) is 10.7. The molecule has 0 bridgehead atoms. The Kier molecular flexibility index (Phi) is 2.05. The normalized spacial score (nSPS) is 19.9. The zero-order valence-electron chi connectivity index (χ0n) is 8.63. The standard InChI is InChI=1S/C13H14N2/c1-2-5-11(6-3-1)12-7-4-8-15-10-14-9-13(12)15/h1-3,5-6,9-10,12H,4,7-8H2. The lowest BCUT2D eigenvalue weighted by Gasteiger charge is -2.24. The second-order valence-corrected chi connectivity index (χ2v) is 4.12. The molecule has 2 nitrogen and oxygen atoms in total.